The Morgan fingerprint density at radius 1 is 1.23 bits per heavy atom. The molecule has 0 aromatic carbocycles. The molecule has 1 amide bonds. The van der Waals surface area contributed by atoms with E-state index in [-0.39, 0.29) is 29.8 Å². The highest BCUT2D eigenvalue weighted by molar-refractivity contribution is 5.68. The molecular formula is C21H28F2N6O2. The Bertz CT molecular complexity index is 948. The lowest BCUT2D eigenvalue weighted by atomic mass is 10.2. The second kappa shape index (κ2) is 8.05. The summed E-state index contributed by atoms with van der Waals surface area (Å²) < 4.78 is 33.4. The van der Waals surface area contributed by atoms with Crippen molar-refractivity contribution in [2.24, 2.45) is 0 Å². The van der Waals surface area contributed by atoms with Gasteiger partial charge in [-0.3, -0.25) is 0 Å². The van der Waals surface area contributed by atoms with Gasteiger partial charge in [-0.25, -0.2) is 28.2 Å². The molecule has 0 radical (unpaired) electrons. The van der Waals surface area contributed by atoms with E-state index in [1.807, 2.05) is 27.7 Å². The average Bonchev–Trinajstić information content (AvgIpc) is 3.23. The Balaban J connectivity index is 1.43. The molecule has 4 rings (SSSR count). The van der Waals surface area contributed by atoms with Crippen LogP contribution in [-0.4, -0.2) is 55.5 Å². The number of hydrogen-bond acceptors (Lipinski definition) is 6. The minimum Gasteiger partial charge on any atom is -0.444 e. The lowest BCUT2D eigenvalue weighted by Crippen LogP contribution is -2.36. The molecule has 0 unspecified atom stereocenters. The average molecular weight is 434 g/mol. The van der Waals surface area contributed by atoms with Crippen molar-refractivity contribution in [3.63, 3.8) is 0 Å². The lowest BCUT2D eigenvalue weighted by Gasteiger charge is -2.24. The molecule has 0 spiro atoms. The largest absolute Gasteiger partial charge is 0.444 e. The van der Waals surface area contributed by atoms with Crippen molar-refractivity contribution in [3.05, 3.63) is 23.7 Å². The standard InChI is InChI=1S/C21H28F2N6O2/c1-12-15(18-26-19(17(22)23)29(27-18)14-5-6-14)7-8-16(24-12)25-13-9-10-28(11-13)20(30)31-21(2,3)4/h7-8,13-14,17H,5-6,9-11H2,1-4H3,(H,24,25)/t13-/m0/s1. The van der Waals surface area contributed by atoms with Crippen LogP contribution in [0.1, 0.15) is 64.0 Å². The first-order valence-corrected chi connectivity index (χ1v) is 10.6. The van der Waals surface area contributed by atoms with Crippen LogP contribution in [0.3, 0.4) is 0 Å². The third-order valence-corrected chi connectivity index (χ3v) is 5.26. The summed E-state index contributed by atoms with van der Waals surface area (Å²) in [5.41, 5.74) is 0.761. The molecule has 2 aromatic rings. The van der Waals surface area contributed by atoms with Gasteiger partial charge in [0.1, 0.15) is 11.4 Å². The SMILES string of the molecule is Cc1nc(N[C@H]2CCN(C(=O)OC(C)(C)C)C2)ccc1-c1nc(C(F)F)n(C2CC2)n1. The van der Waals surface area contributed by atoms with Crippen molar-refractivity contribution >= 4 is 11.9 Å². The first-order chi connectivity index (χ1) is 14.6. The topological polar surface area (TPSA) is 85.2 Å². The summed E-state index contributed by atoms with van der Waals surface area (Å²) in [6, 6.07) is 3.67. The summed E-state index contributed by atoms with van der Waals surface area (Å²) in [5, 5.41) is 7.67. The molecule has 1 saturated carbocycles. The maximum atomic E-state index is 13.3. The fourth-order valence-electron chi connectivity index (χ4n) is 3.64. The first kappa shape index (κ1) is 21.5. The van der Waals surface area contributed by atoms with Gasteiger partial charge in [0.25, 0.3) is 6.43 Å². The molecule has 1 aliphatic heterocycles. The van der Waals surface area contributed by atoms with Gasteiger partial charge in [-0.05, 0) is 59.1 Å². The minimum absolute atomic E-state index is 0.0229. The molecule has 2 aliphatic rings. The zero-order valence-corrected chi connectivity index (χ0v) is 18.2. The van der Waals surface area contributed by atoms with Crippen LogP contribution in [0.4, 0.5) is 19.4 Å². The predicted octanol–water partition coefficient (Wildman–Crippen LogP) is 4.34. The molecule has 1 N–H and O–H groups in total. The van der Waals surface area contributed by atoms with Crippen molar-refractivity contribution in [2.75, 3.05) is 18.4 Å². The summed E-state index contributed by atoms with van der Waals surface area (Å²) in [5.74, 6) is 0.649. The summed E-state index contributed by atoms with van der Waals surface area (Å²) >= 11 is 0. The van der Waals surface area contributed by atoms with E-state index in [9.17, 15) is 13.6 Å². The van der Waals surface area contributed by atoms with Gasteiger partial charge in [0.15, 0.2) is 11.6 Å². The van der Waals surface area contributed by atoms with Gasteiger partial charge in [-0.2, -0.15) is 5.10 Å². The van der Waals surface area contributed by atoms with Crippen LogP contribution in [0.25, 0.3) is 11.4 Å². The number of aryl methyl sites for hydroxylation is 1. The molecule has 0 bridgehead atoms. The number of amides is 1. The normalized spacial score (nSPS) is 19.2. The third-order valence-electron chi connectivity index (χ3n) is 5.26. The zero-order chi connectivity index (χ0) is 22.3. The summed E-state index contributed by atoms with van der Waals surface area (Å²) in [6.07, 6.45) is -0.490. The van der Waals surface area contributed by atoms with Gasteiger partial charge in [0, 0.05) is 24.7 Å². The summed E-state index contributed by atoms with van der Waals surface area (Å²) in [6.45, 7) is 8.49. The summed E-state index contributed by atoms with van der Waals surface area (Å²) in [4.78, 5) is 22.6. The van der Waals surface area contributed by atoms with Crippen LogP contribution in [0.15, 0.2) is 12.1 Å². The van der Waals surface area contributed by atoms with Gasteiger partial charge in [0.2, 0.25) is 0 Å². The molecule has 168 valence electrons. The number of rotatable bonds is 5. The Morgan fingerprint density at radius 3 is 2.58 bits per heavy atom. The van der Waals surface area contributed by atoms with Gasteiger partial charge in [0.05, 0.1) is 11.7 Å². The highest BCUT2D eigenvalue weighted by Gasteiger charge is 2.32. The number of carbonyl (C=O) groups excluding carboxylic acids is 1. The van der Waals surface area contributed by atoms with Crippen molar-refractivity contribution < 1.29 is 18.3 Å². The van der Waals surface area contributed by atoms with E-state index < -0.39 is 12.0 Å². The number of nitrogens with zero attached hydrogens (tertiary/aromatic N) is 5. The Kier molecular flexibility index (Phi) is 5.57. The molecule has 1 aliphatic carbocycles. The third kappa shape index (κ3) is 4.94. The van der Waals surface area contributed by atoms with Gasteiger partial charge in [-0.1, -0.05) is 0 Å². The minimum atomic E-state index is -2.66. The number of likely N-dealkylation sites (tertiary alicyclic amines) is 1. The van der Waals surface area contributed by atoms with Crippen LogP contribution in [-0.2, 0) is 4.74 Å². The molecule has 31 heavy (non-hydrogen) atoms. The summed E-state index contributed by atoms with van der Waals surface area (Å²) in [7, 11) is 0. The first-order valence-electron chi connectivity index (χ1n) is 10.6. The van der Waals surface area contributed by atoms with Gasteiger partial charge >= 0.3 is 6.09 Å². The number of ether oxygens (including phenoxy) is 1. The monoisotopic (exact) mass is 434 g/mol. The molecule has 1 atom stereocenters. The molecule has 10 heteroatoms. The van der Waals surface area contributed by atoms with Crippen LogP contribution in [0, 0.1) is 6.92 Å². The second-order valence-electron chi connectivity index (χ2n) is 9.16. The zero-order valence-electron chi connectivity index (χ0n) is 18.2. The Morgan fingerprint density at radius 2 is 1.97 bits per heavy atom. The number of halogens is 2. The van der Waals surface area contributed by atoms with Crippen LogP contribution < -0.4 is 5.32 Å². The van der Waals surface area contributed by atoms with Crippen molar-refractivity contribution in [3.8, 4) is 11.4 Å². The number of aromatic nitrogens is 4. The van der Waals surface area contributed by atoms with Gasteiger partial charge < -0.3 is 15.0 Å². The number of anilines is 1. The van der Waals surface area contributed by atoms with E-state index in [4.69, 9.17) is 4.74 Å². The second-order valence-corrected chi connectivity index (χ2v) is 9.16. The number of carbonyl (C=O) groups is 1. The van der Waals surface area contributed by atoms with E-state index in [0.717, 1.165) is 19.3 Å². The van der Waals surface area contributed by atoms with E-state index in [1.54, 1.807) is 17.0 Å². The van der Waals surface area contributed by atoms with E-state index in [1.165, 1.54) is 4.68 Å². The Hall–Kier alpha value is -2.78. The van der Waals surface area contributed by atoms with E-state index in [0.29, 0.717) is 30.2 Å². The fourth-order valence-corrected chi connectivity index (χ4v) is 3.64. The number of hydrogen-bond donors (Lipinski definition) is 1. The maximum Gasteiger partial charge on any atom is 0.410 e. The molecule has 3 heterocycles. The molecule has 8 nitrogen and oxygen atoms in total. The molecular weight excluding hydrogens is 406 g/mol. The van der Waals surface area contributed by atoms with E-state index >= 15 is 0 Å². The molecule has 2 aromatic heterocycles. The quantitative estimate of drug-likeness (QED) is 0.753. The van der Waals surface area contributed by atoms with Crippen LogP contribution in [0.2, 0.25) is 0 Å². The van der Waals surface area contributed by atoms with Crippen LogP contribution in [0.5, 0.6) is 0 Å². The van der Waals surface area contributed by atoms with Gasteiger partial charge in [-0.15, -0.1) is 0 Å². The van der Waals surface area contributed by atoms with E-state index in [2.05, 4.69) is 20.4 Å². The highest BCUT2D eigenvalue weighted by atomic mass is 19.3. The van der Waals surface area contributed by atoms with Crippen molar-refractivity contribution in [1.29, 1.82) is 0 Å². The highest BCUT2D eigenvalue weighted by Crippen LogP contribution is 2.38. The molecule has 1 saturated heterocycles. The Labute approximate surface area is 180 Å². The number of nitrogens with one attached hydrogen (secondary N) is 1. The lowest BCUT2D eigenvalue weighted by molar-refractivity contribution is 0.0293. The smallest absolute Gasteiger partial charge is 0.410 e. The van der Waals surface area contributed by atoms with Crippen molar-refractivity contribution in [1.82, 2.24) is 24.6 Å². The van der Waals surface area contributed by atoms with Crippen molar-refractivity contribution in [2.45, 2.75) is 71.1 Å². The molecule has 2 fully saturated rings. The predicted molar refractivity (Wildman–Crippen MR) is 111 cm³/mol. The maximum absolute atomic E-state index is 13.3. The van der Waals surface area contributed by atoms with Crippen LogP contribution >= 0.6 is 0 Å². The number of alkyl halides is 2. The fraction of sp³-hybridized carbons (Fsp3) is 0.619. The number of pyridine rings is 1.